The van der Waals surface area contributed by atoms with E-state index >= 15 is 0 Å². The molecule has 0 radical (unpaired) electrons. The normalized spacial score (nSPS) is 12.9. The molecular formula is C9H16N4O. The molecule has 1 aromatic rings. The van der Waals surface area contributed by atoms with E-state index in [9.17, 15) is 4.79 Å². The fourth-order valence-electron chi connectivity index (χ4n) is 1.14. The standard InChI is InChI=1S/C9H16N4O/c1-13(2)12-9(14)8(10)5-7-3-4-11-6-7/h3-4,6,8,11H,5,10H2,1-2H3,(H,12,14). The quantitative estimate of drug-likeness (QED) is 0.567. The average molecular weight is 196 g/mol. The molecule has 0 saturated carbocycles. The Hall–Kier alpha value is -1.33. The van der Waals surface area contributed by atoms with Crippen LogP contribution >= 0.6 is 0 Å². The highest BCUT2D eigenvalue weighted by Gasteiger charge is 2.14. The van der Waals surface area contributed by atoms with E-state index in [0.717, 1.165) is 5.56 Å². The first-order chi connectivity index (χ1) is 6.59. The van der Waals surface area contributed by atoms with E-state index in [1.54, 1.807) is 19.1 Å². The van der Waals surface area contributed by atoms with Crippen LogP contribution in [-0.2, 0) is 11.2 Å². The number of nitrogens with one attached hydrogen (secondary N) is 2. The van der Waals surface area contributed by atoms with Crippen molar-refractivity contribution in [2.45, 2.75) is 12.5 Å². The highest BCUT2D eigenvalue weighted by molar-refractivity contribution is 5.81. The van der Waals surface area contributed by atoms with Gasteiger partial charge in [-0.25, -0.2) is 5.01 Å². The number of aromatic nitrogens is 1. The molecule has 14 heavy (non-hydrogen) atoms. The number of hydrazine groups is 1. The van der Waals surface area contributed by atoms with Gasteiger partial charge in [0, 0.05) is 26.5 Å². The molecule has 4 N–H and O–H groups in total. The fourth-order valence-corrected chi connectivity index (χ4v) is 1.14. The van der Waals surface area contributed by atoms with Crippen LogP contribution in [0.5, 0.6) is 0 Å². The highest BCUT2D eigenvalue weighted by Crippen LogP contribution is 2.00. The summed E-state index contributed by atoms with van der Waals surface area (Å²) in [5.74, 6) is -0.170. The van der Waals surface area contributed by atoms with E-state index in [0.29, 0.717) is 6.42 Å². The van der Waals surface area contributed by atoms with Crippen molar-refractivity contribution in [3.8, 4) is 0 Å². The lowest BCUT2D eigenvalue weighted by molar-refractivity contribution is -0.126. The average Bonchev–Trinajstić information content (AvgIpc) is 2.55. The van der Waals surface area contributed by atoms with Gasteiger partial charge in [-0.15, -0.1) is 0 Å². The van der Waals surface area contributed by atoms with Crippen LogP contribution in [0.25, 0.3) is 0 Å². The lowest BCUT2D eigenvalue weighted by atomic mass is 10.1. The van der Waals surface area contributed by atoms with E-state index < -0.39 is 6.04 Å². The van der Waals surface area contributed by atoms with Gasteiger partial charge in [-0.2, -0.15) is 0 Å². The highest BCUT2D eigenvalue weighted by atomic mass is 16.2. The third-order valence-corrected chi connectivity index (χ3v) is 1.79. The summed E-state index contributed by atoms with van der Waals surface area (Å²) in [5.41, 5.74) is 9.35. The van der Waals surface area contributed by atoms with Crippen LogP contribution in [0.4, 0.5) is 0 Å². The topological polar surface area (TPSA) is 74.2 Å². The first-order valence-electron chi connectivity index (χ1n) is 4.44. The zero-order valence-electron chi connectivity index (χ0n) is 8.45. The first kappa shape index (κ1) is 10.7. The maximum absolute atomic E-state index is 11.4. The minimum Gasteiger partial charge on any atom is -0.367 e. The molecule has 1 amide bonds. The van der Waals surface area contributed by atoms with Crippen LogP contribution in [0.15, 0.2) is 18.5 Å². The van der Waals surface area contributed by atoms with E-state index in [1.165, 1.54) is 0 Å². The van der Waals surface area contributed by atoms with Crippen molar-refractivity contribution in [3.05, 3.63) is 24.0 Å². The zero-order valence-corrected chi connectivity index (χ0v) is 8.45. The van der Waals surface area contributed by atoms with Gasteiger partial charge in [-0.05, 0) is 18.1 Å². The van der Waals surface area contributed by atoms with Crippen LogP contribution < -0.4 is 11.2 Å². The molecule has 5 heteroatoms. The van der Waals surface area contributed by atoms with Crippen LogP contribution in [0.1, 0.15) is 5.56 Å². The molecule has 0 aliphatic heterocycles. The molecule has 1 aromatic heterocycles. The van der Waals surface area contributed by atoms with Gasteiger partial charge < -0.3 is 10.7 Å². The second kappa shape index (κ2) is 4.78. The second-order valence-corrected chi connectivity index (χ2v) is 3.40. The van der Waals surface area contributed by atoms with Crippen molar-refractivity contribution < 1.29 is 4.79 Å². The molecule has 1 unspecified atom stereocenters. The summed E-state index contributed by atoms with van der Waals surface area (Å²) in [5, 5.41) is 1.58. The predicted octanol–water partition coefficient (Wildman–Crippen LogP) is -0.523. The van der Waals surface area contributed by atoms with E-state index in [-0.39, 0.29) is 5.91 Å². The molecule has 1 heterocycles. The number of amides is 1. The fraction of sp³-hybridized carbons (Fsp3) is 0.444. The molecule has 1 rings (SSSR count). The maximum Gasteiger partial charge on any atom is 0.251 e. The summed E-state index contributed by atoms with van der Waals surface area (Å²) in [4.78, 5) is 14.3. The minimum absolute atomic E-state index is 0.170. The summed E-state index contributed by atoms with van der Waals surface area (Å²) in [6.45, 7) is 0. The summed E-state index contributed by atoms with van der Waals surface area (Å²) < 4.78 is 0. The number of H-pyrrole nitrogens is 1. The lowest BCUT2D eigenvalue weighted by Gasteiger charge is -2.15. The lowest BCUT2D eigenvalue weighted by Crippen LogP contribution is -2.47. The van der Waals surface area contributed by atoms with Crippen LogP contribution in [0.2, 0.25) is 0 Å². The summed E-state index contributed by atoms with van der Waals surface area (Å²) in [7, 11) is 3.50. The largest absolute Gasteiger partial charge is 0.367 e. The Balaban J connectivity index is 2.42. The Morgan fingerprint density at radius 3 is 2.93 bits per heavy atom. The number of aromatic amines is 1. The zero-order chi connectivity index (χ0) is 10.6. The number of nitrogens with two attached hydrogens (primary N) is 1. The van der Waals surface area contributed by atoms with Crippen molar-refractivity contribution in [1.82, 2.24) is 15.4 Å². The molecule has 0 aromatic carbocycles. The minimum atomic E-state index is -0.506. The van der Waals surface area contributed by atoms with Gasteiger partial charge in [0.2, 0.25) is 0 Å². The third-order valence-electron chi connectivity index (χ3n) is 1.79. The van der Waals surface area contributed by atoms with Crippen molar-refractivity contribution in [2.24, 2.45) is 5.73 Å². The van der Waals surface area contributed by atoms with Crippen molar-refractivity contribution in [1.29, 1.82) is 0 Å². The molecule has 0 saturated heterocycles. The summed E-state index contributed by atoms with van der Waals surface area (Å²) >= 11 is 0. The number of hydrogen-bond acceptors (Lipinski definition) is 3. The van der Waals surface area contributed by atoms with Crippen molar-refractivity contribution >= 4 is 5.91 Å². The van der Waals surface area contributed by atoms with Crippen molar-refractivity contribution in [3.63, 3.8) is 0 Å². The molecule has 0 aliphatic carbocycles. The van der Waals surface area contributed by atoms with Gasteiger partial charge in [0.25, 0.3) is 5.91 Å². The molecule has 5 nitrogen and oxygen atoms in total. The first-order valence-corrected chi connectivity index (χ1v) is 4.44. The molecule has 0 aliphatic rings. The van der Waals surface area contributed by atoms with Gasteiger partial charge in [0.1, 0.15) is 0 Å². The van der Waals surface area contributed by atoms with Crippen LogP contribution in [0.3, 0.4) is 0 Å². The predicted molar refractivity (Wildman–Crippen MR) is 54.3 cm³/mol. The third kappa shape index (κ3) is 3.20. The van der Waals surface area contributed by atoms with E-state index in [4.69, 9.17) is 5.73 Å². The Morgan fingerprint density at radius 2 is 2.43 bits per heavy atom. The molecule has 1 atom stereocenters. The molecule has 0 bridgehead atoms. The summed E-state index contributed by atoms with van der Waals surface area (Å²) in [6.07, 6.45) is 4.19. The van der Waals surface area contributed by atoms with Crippen LogP contribution in [-0.4, -0.2) is 36.0 Å². The molecule has 0 fully saturated rings. The Labute approximate surface area is 83.2 Å². The smallest absolute Gasteiger partial charge is 0.251 e. The summed E-state index contributed by atoms with van der Waals surface area (Å²) in [6, 6.07) is 1.40. The Kier molecular flexibility index (Phi) is 3.67. The van der Waals surface area contributed by atoms with Gasteiger partial charge in [-0.1, -0.05) is 0 Å². The van der Waals surface area contributed by atoms with Crippen LogP contribution in [0, 0.1) is 0 Å². The number of hydrogen-bond donors (Lipinski definition) is 3. The van der Waals surface area contributed by atoms with Gasteiger partial charge in [0.15, 0.2) is 0 Å². The maximum atomic E-state index is 11.4. The Morgan fingerprint density at radius 1 is 1.71 bits per heavy atom. The number of carbonyl (C=O) groups excluding carboxylic acids is 1. The number of nitrogens with zero attached hydrogens (tertiary/aromatic N) is 1. The molecular weight excluding hydrogens is 180 g/mol. The van der Waals surface area contributed by atoms with Crippen molar-refractivity contribution in [2.75, 3.05) is 14.1 Å². The molecule has 0 spiro atoms. The van der Waals surface area contributed by atoms with E-state index in [1.807, 2.05) is 18.5 Å². The number of rotatable bonds is 4. The monoisotopic (exact) mass is 196 g/mol. The van der Waals surface area contributed by atoms with Gasteiger partial charge in [0.05, 0.1) is 6.04 Å². The SMILES string of the molecule is CN(C)NC(=O)C(N)Cc1cc[nH]c1. The number of carbonyl (C=O) groups is 1. The van der Waals surface area contributed by atoms with Gasteiger partial charge in [-0.3, -0.25) is 10.2 Å². The van der Waals surface area contributed by atoms with E-state index in [2.05, 4.69) is 10.4 Å². The molecule has 78 valence electrons. The Bertz CT molecular complexity index is 281. The van der Waals surface area contributed by atoms with Gasteiger partial charge >= 0.3 is 0 Å². The second-order valence-electron chi connectivity index (χ2n) is 3.40.